The number of carbonyl (C=O) groups excluding carboxylic acids is 1. The summed E-state index contributed by atoms with van der Waals surface area (Å²) in [6.45, 7) is 1.74. The molecule has 0 aliphatic carbocycles. The van der Waals surface area contributed by atoms with E-state index < -0.39 is 28.7 Å². The Morgan fingerprint density at radius 1 is 1.30 bits per heavy atom. The van der Waals surface area contributed by atoms with Gasteiger partial charge < -0.3 is 15.0 Å². The number of rotatable bonds is 2. The molecule has 0 aromatic carbocycles. The summed E-state index contributed by atoms with van der Waals surface area (Å²) in [6.07, 6.45) is 1.72. The number of piperidine rings is 1. The van der Waals surface area contributed by atoms with Crippen LogP contribution in [0.5, 0.6) is 0 Å². The number of aliphatic carboxylic acids is 1. The molecular weight excluding hydrogens is 266 g/mol. The molecule has 1 aliphatic rings. The van der Waals surface area contributed by atoms with E-state index in [0.29, 0.717) is 19.3 Å². The molecule has 0 radical (unpaired) electrons. The Kier molecular flexibility index (Phi) is 3.47. The van der Waals surface area contributed by atoms with Gasteiger partial charge in [-0.2, -0.15) is 0 Å². The van der Waals surface area contributed by atoms with E-state index in [-0.39, 0.29) is 12.2 Å². The van der Waals surface area contributed by atoms with Gasteiger partial charge in [-0.25, -0.2) is 9.59 Å². The zero-order chi connectivity index (χ0) is 14.9. The van der Waals surface area contributed by atoms with Crippen molar-refractivity contribution in [2.45, 2.75) is 31.7 Å². The molecule has 1 aromatic heterocycles. The van der Waals surface area contributed by atoms with Crippen LogP contribution in [0.4, 0.5) is 0 Å². The van der Waals surface area contributed by atoms with E-state index in [1.807, 2.05) is 4.98 Å². The summed E-state index contributed by atoms with van der Waals surface area (Å²) in [7, 11) is 0. The van der Waals surface area contributed by atoms with Crippen molar-refractivity contribution in [3.63, 3.8) is 0 Å². The summed E-state index contributed by atoms with van der Waals surface area (Å²) in [5.74, 6) is -1.75. The van der Waals surface area contributed by atoms with E-state index in [4.69, 9.17) is 0 Å². The smallest absolute Gasteiger partial charge is 0.329 e. The Morgan fingerprint density at radius 2 is 2.00 bits per heavy atom. The number of hydrogen-bond donors (Lipinski definition) is 3. The first-order valence-corrected chi connectivity index (χ1v) is 6.23. The lowest BCUT2D eigenvalue weighted by atomic mass is 9.88. The number of nitrogens with zero attached hydrogens (tertiary/aromatic N) is 1. The van der Waals surface area contributed by atoms with E-state index in [9.17, 15) is 24.3 Å². The number of hydrogen-bond acceptors (Lipinski definition) is 4. The lowest BCUT2D eigenvalue weighted by molar-refractivity contribution is -0.150. The average molecular weight is 281 g/mol. The van der Waals surface area contributed by atoms with E-state index in [2.05, 4.69) is 4.98 Å². The number of likely N-dealkylation sites (tertiary alicyclic amines) is 1. The number of carboxylic acid groups (broad SMARTS) is 1. The fraction of sp³-hybridized carbons (Fsp3) is 0.500. The molecule has 1 atom stereocenters. The Hall–Kier alpha value is -2.38. The molecule has 0 saturated carbocycles. The van der Waals surface area contributed by atoms with Crippen molar-refractivity contribution in [2.24, 2.45) is 0 Å². The Labute approximate surface area is 113 Å². The summed E-state index contributed by atoms with van der Waals surface area (Å²) in [5, 5.41) is 9.34. The number of aromatic amines is 2. The van der Waals surface area contributed by atoms with Crippen molar-refractivity contribution in [3.05, 3.63) is 32.6 Å². The minimum absolute atomic E-state index is 0.201. The summed E-state index contributed by atoms with van der Waals surface area (Å²) in [4.78, 5) is 51.6. The lowest BCUT2D eigenvalue weighted by Gasteiger charge is -2.41. The maximum Gasteiger partial charge on any atom is 0.329 e. The maximum absolute atomic E-state index is 12.4. The van der Waals surface area contributed by atoms with Gasteiger partial charge in [-0.15, -0.1) is 0 Å². The van der Waals surface area contributed by atoms with E-state index >= 15 is 0 Å². The van der Waals surface area contributed by atoms with Gasteiger partial charge in [0.15, 0.2) is 0 Å². The molecule has 8 heteroatoms. The molecule has 2 rings (SSSR count). The minimum atomic E-state index is -1.32. The Balaban J connectivity index is 2.42. The first kappa shape index (κ1) is 14.0. The van der Waals surface area contributed by atoms with Crippen molar-refractivity contribution in [1.82, 2.24) is 14.9 Å². The van der Waals surface area contributed by atoms with Crippen LogP contribution in [0.25, 0.3) is 0 Å². The van der Waals surface area contributed by atoms with Crippen LogP contribution in [0.1, 0.15) is 36.7 Å². The molecule has 1 fully saturated rings. The third-order valence-electron chi connectivity index (χ3n) is 3.59. The number of aromatic nitrogens is 2. The van der Waals surface area contributed by atoms with Gasteiger partial charge >= 0.3 is 11.7 Å². The third kappa shape index (κ3) is 2.36. The highest BCUT2D eigenvalue weighted by molar-refractivity contribution is 5.96. The SMILES string of the molecule is CC1(C(=O)O)CCCCN1C(=O)c1cc(=O)[nH]c(=O)[nH]1. The second kappa shape index (κ2) is 4.95. The van der Waals surface area contributed by atoms with Crippen LogP contribution in [0.3, 0.4) is 0 Å². The van der Waals surface area contributed by atoms with Crippen LogP contribution < -0.4 is 11.2 Å². The molecule has 2 heterocycles. The predicted octanol–water partition coefficient (Wildman–Crippen LogP) is -0.467. The number of carboxylic acids is 1. The van der Waals surface area contributed by atoms with Gasteiger partial charge in [0.2, 0.25) is 0 Å². The fourth-order valence-corrected chi connectivity index (χ4v) is 2.40. The molecule has 0 spiro atoms. The van der Waals surface area contributed by atoms with Gasteiger partial charge in [-0.1, -0.05) is 0 Å². The Bertz CT molecular complexity index is 633. The van der Waals surface area contributed by atoms with Crippen LogP contribution in [-0.2, 0) is 4.79 Å². The maximum atomic E-state index is 12.4. The number of nitrogens with one attached hydrogen (secondary N) is 2. The normalized spacial score (nSPS) is 22.6. The predicted molar refractivity (Wildman–Crippen MR) is 68.6 cm³/mol. The van der Waals surface area contributed by atoms with Crippen molar-refractivity contribution < 1.29 is 14.7 Å². The number of amides is 1. The molecule has 108 valence electrons. The lowest BCUT2D eigenvalue weighted by Crippen LogP contribution is -2.57. The summed E-state index contributed by atoms with van der Waals surface area (Å²) in [6, 6.07) is 0.959. The van der Waals surface area contributed by atoms with Crippen LogP contribution in [0.2, 0.25) is 0 Å². The largest absolute Gasteiger partial charge is 0.480 e. The molecule has 1 aliphatic heterocycles. The van der Waals surface area contributed by atoms with Crippen molar-refractivity contribution >= 4 is 11.9 Å². The molecule has 20 heavy (non-hydrogen) atoms. The topological polar surface area (TPSA) is 123 Å². The van der Waals surface area contributed by atoms with Gasteiger partial charge in [-0.05, 0) is 26.2 Å². The summed E-state index contributed by atoms with van der Waals surface area (Å²) < 4.78 is 0. The number of carbonyl (C=O) groups is 2. The van der Waals surface area contributed by atoms with Crippen molar-refractivity contribution in [3.8, 4) is 0 Å². The zero-order valence-corrected chi connectivity index (χ0v) is 10.9. The molecule has 1 aromatic rings. The molecule has 1 amide bonds. The van der Waals surface area contributed by atoms with Gasteiger partial charge in [0.1, 0.15) is 11.2 Å². The van der Waals surface area contributed by atoms with Crippen molar-refractivity contribution in [1.29, 1.82) is 0 Å². The summed E-state index contributed by atoms with van der Waals surface area (Å²) in [5.41, 5.74) is -3.02. The minimum Gasteiger partial charge on any atom is -0.480 e. The molecule has 0 bridgehead atoms. The van der Waals surface area contributed by atoms with E-state index in [1.54, 1.807) is 0 Å². The highest BCUT2D eigenvalue weighted by Gasteiger charge is 2.44. The third-order valence-corrected chi connectivity index (χ3v) is 3.59. The molecule has 3 N–H and O–H groups in total. The molecule has 1 saturated heterocycles. The van der Waals surface area contributed by atoms with Crippen molar-refractivity contribution in [2.75, 3.05) is 6.54 Å². The number of H-pyrrole nitrogens is 2. The standard InChI is InChI=1S/C12H15N3O5/c1-12(10(18)19)4-2-3-5-15(12)9(17)7-6-8(16)14-11(20)13-7/h6H,2-5H2,1H3,(H,18,19)(H2,13,14,16,20). The highest BCUT2D eigenvalue weighted by atomic mass is 16.4. The molecular formula is C12H15N3O5. The first-order valence-electron chi connectivity index (χ1n) is 6.23. The molecule has 1 unspecified atom stereocenters. The quantitative estimate of drug-likeness (QED) is 0.676. The van der Waals surface area contributed by atoms with Crippen LogP contribution in [0, 0.1) is 0 Å². The highest BCUT2D eigenvalue weighted by Crippen LogP contribution is 2.29. The van der Waals surface area contributed by atoms with E-state index in [1.165, 1.54) is 11.8 Å². The van der Waals surface area contributed by atoms with Crippen LogP contribution in [0.15, 0.2) is 15.7 Å². The van der Waals surface area contributed by atoms with Crippen LogP contribution in [-0.4, -0.2) is 43.9 Å². The Morgan fingerprint density at radius 3 is 2.60 bits per heavy atom. The monoisotopic (exact) mass is 281 g/mol. The first-order chi connectivity index (χ1) is 9.34. The van der Waals surface area contributed by atoms with Gasteiger partial charge in [0.25, 0.3) is 11.5 Å². The zero-order valence-electron chi connectivity index (χ0n) is 10.9. The van der Waals surface area contributed by atoms with Gasteiger partial charge in [0.05, 0.1) is 0 Å². The van der Waals surface area contributed by atoms with E-state index in [0.717, 1.165) is 6.07 Å². The second-order valence-corrected chi connectivity index (χ2v) is 4.99. The van der Waals surface area contributed by atoms with Gasteiger partial charge in [0, 0.05) is 12.6 Å². The fourth-order valence-electron chi connectivity index (χ4n) is 2.40. The van der Waals surface area contributed by atoms with Crippen LogP contribution >= 0.6 is 0 Å². The summed E-state index contributed by atoms with van der Waals surface area (Å²) >= 11 is 0. The van der Waals surface area contributed by atoms with Gasteiger partial charge in [-0.3, -0.25) is 14.6 Å². The average Bonchev–Trinajstić information content (AvgIpc) is 2.37. The molecule has 8 nitrogen and oxygen atoms in total. The second-order valence-electron chi connectivity index (χ2n) is 4.99.